The number of halogens is 2. The summed E-state index contributed by atoms with van der Waals surface area (Å²) in [6, 6.07) is 0. The highest BCUT2D eigenvalue weighted by molar-refractivity contribution is 7.50. The first kappa shape index (κ1) is 10.4. The van der Waals surface area contributed by atoms with E-state index in [-0.39, 0.29) is 0 Å². The van der Waals surface area contributed by atoms with Crippen molar-refractivity contribution < 1.29 is 0 Å². The molecule has 0 nitrogen and oxygen atoms in total. The molecular weight excluding hydrogens is 207 g/mol. The summed E-state index contributed by atoms with van der Waals surface area (Å²) in [5, 5.41) is 1.21. The highest BCUT2D eigenvalue weighted by Crippen LogP contribution is 2.55. The van der Waals surface area contributed by atoms with Crippen LogP contribution in [0, 0.1) is 0 Å². The van der Waals surface area contributed by atoms with Crippen molar-refractivity contribution in [3.05, 3.63) is 22.9 Å². The van der Waals surface area contributed by atoms with Gasteiger partial charge in [-0.05, 0) is 25.8 Å². The number of rotatable bonds is 2. The lowest BCUT2D eigenvalue weighted by molar-refractivity contribution is 0.853. The predicted molar refractivity (Wildman–Crippen MR) is 59.0 cm³/mol. The van der Waals surface area contributed by atoms with Crippen molar-refractivity contribution in [2.24, 2.45) is 0 Å². The summed E-state index contributed by atoms with van der Waals surface area (Å²) in [6.07, 6.45) is 1.04. The van der Waals surface area contributed by atoms with E-state index in [0.717, 1.165) is 12.0 Å². The Kier molecular flexibility index (Phi) is 2.77. The maximum atomic E-state index is 6.27. The van der Waals surface area contributed by atoms with Gasteiger partial charge >= 0.3 is 0 Å². The van der Waals surface area contributed by atoms with Gasteiger partial charge < -0.3 is 0 Å². The second-order valence-corrected chi connectivity index (χ2v) is 10.3. The molecule has 3 heteroatoms. The van der Waals surface area contributed by atoms with E-state index in [0.29, 0.717) is 5.54 Å². The number of hydrogen-bond donors (Lipinski definition) is 0. The summed E-state index contributed by atoms with van der Waals surface area (Å²) in [4.78, 5) is 0. The van der Waals surface area contributed by atoms with E-state index in [1.54, 1.807) is 0 Å². The first-order valence-electron chi connectivity index (χ1n) is 4.17. The lowest BCUT2D eigenvalue weighted by Gasteiger charge is -2.41. The van der Waals surface area contributed by atoms with Crippen molar-refractivity contribution in [2.75, 3.05) is 0 Å². The first-order chi connectivity index (χ1) is 5.42. The monoisotopic (exact) mass is 220 g/mol. The topological polar surface area (TPSA) is 0 Å². The zero-order valence-electron chi connectivity index (χ0n) is 7.75. The molecule has 0 N–H and O–H groups in total. The third kappa shape index (κ3) is 1.28. The summed E-state index contributed by atoms with van der Waals surface area (Å²) < 4.78 is 0. The fourth-order valence-corrected chi connectivity index (χ4v) is 6.45. The molecule has 1 aliphatic rings. The molecular formula is C9H14Cl2Si. The van der Waals surface area contributed by atoms with Crippen LogP contribution in [-0.4, -0.2) is 6.69 Å². The Labute approximate surface area is 84.7 Å². The van der Waals surface area contributed by atoms with E-state index < -0.39 is 6.69 Å². The molecule has 12 heavy (non-hydrogen) atoms. The van der Waals surface area contributed by atoms with Gasteiger partial charge in [0.05, 0.1) is 0 Å². The van der Waals surface area contributed by atoms with Crippen LogP contribution in [0.1, 0.15) is 27.2 Å². The third-order valence-corrected chi connectivity index (χ3v) is 8.68. The Bertz CT molecular complexity index is 253. The van der Waals surface area contributed by atoms with Crippen molar-refractivity contribution >= 4 is 28.9 Å². The quantitative estimate of drug-likeness (QED) is 0.485. The van der Waals surface area contributed by atoms with Crippen LogP contribution in [0.3, 0.4) is 0 Å². The molecule has 1 aliphatic heterocycles. The van der Waals surface area contributed by atoms with Crippen LogP contribution < -0.4 is 0 Å². The van der Waals surface area contributed by atoms with Gasteiger partial charge in [0.15, 0.2) is 0 Å². The van der Waals surface area contributed by atoms with Gasteiger partial charge in [-0.25, -0.2) is 0 Å². The van der Waals surface area contributed by atoms with Gasteiger partial charge in [-0.2, -0.15) is 0 Å². The van der Waals surface area contributed by atoms with Crippen molar-refractivity contribution in [2.45, 2.75) is 32.7 Å². The molecule has 68 valence electrons. The first-order valence-corrected chi connectivity index (χ1v) is 8.28. The Morgan fingerprint density at radius 1 is 1.58 bits per heavy atom. The highest BCUT2D eigenvalue weighted by Gasteiger charge is 2.51. The molecule has 0 aliphatic carbocycles. The minimum Gasteiger partial charge on any atom is -0.139 e. The van der Waals surface area contributed by atoms with E-state index in [9.17, 15) is 0 Å². The third-order valence-electron chi connectivity index (χ3n) is 2.56. The fourth-order valence-electron chi connectivity index (χ4n) is 1.88. The van der Waals surface area contributed by atoms with Crippen molar-refractivity contribution in [1.29, 1.82) is 0 Å². The van der Waals surface area contributed by atoms with E-state index in [4.69, 9.17) is 22.2 Å². The highest BCUT2D eigenvalue weighted by atomic mass is 35.7. The minimum absolute atomic E-state index is 0.415. The Balaban J connectivity index is 3.02. The molecule has 0 fully saturated rings. The Hall–Kier alpha value is 0.277. The molecule has 0 spiro atoms. The second kappa shape index (κ2) is 3.21. The summed E-state index contributed by atoms with van der Waals surface area (Å²) in [6.45, 7) is 8.09. The largest absolute Gasteiger partial charge is 0.284 e. The predicted octanol–water partition coefficient (Wildman–Crippen LogP) is 4.13. The van der Waals surface area contributed by atoms with Crippen LogP contribution in [0.4, 0.5) is 0 Å². The van der Waals surface area contributed by atoms with Crippen molar-refractivity contribution in [3.8, 4) is 0 Å². The molecule has 0 bridgehead atoms. The summed E-state index contributed by atoms with van der Waals surface area (Å²) >= 11 is 12.5. The smallest absolute Gasteiger partial charge is 0.139 e. The van der Waals surface area contributed by atoms with Crippen molar-refractivity contribution in [3.63, 3.8) is 0 Å². The molecule has 0 saturated heterocycles. The number of hydrogen-bond acceptors (Lipinski definition) is 0. The van der Waals surface area contributed by atoms with Crippen LogP contribution in [0.25, 0.3) is 0 Å². The molecule has 0 saturated carbocycles. The van der Waals surface area contributed by atoms with Crippen LogP contribution >= 0.6 is 22.2 Å². The molecule has 1 unspecified atom stereocenters. The van der Waals surface area contributed by atoms with Crippen LogP contribution in [0.15, 0.2) is 22.9 Å². The number of allylic oxidation sites excluding steroid dienone is 3. The SMILES string of the molecule is C=C(C)C1=C(C)[Si](Cl)(Cl)C1CC. The summed E-state index contributed by atoms with van der Waals surface area (Å²) in [7, 11) is 0. The maximum absolute atomic E-state index is 6.27. The normalized spacial score (nSPS) is 26.9. The zero-order chi connectivity index (χ0) is 9.52. The minimum atomic E-state index is -2.05. The van der Waals surface area contributed by atoms with Gasteiger partial charge in [0.25, 0.3) is 6.69 Å². The van der Waals surface area contributed by atoms with E-state index in [1.165, 1.54) is 10.8 Å². The van der Waals surface area contributed by atoms with Gasteiger partial charge in [0.2, 0.25) is 0 Å². The molecule has 0 amide bonds. The Morgan fingerprint density at radius 3 is 2.33 bits per heavy atom. The van der Waals surface area contributed by atoms with E-state index >= 15 is 0 Å². The van der Waals surface area contributed by atoms with Crippen molar-refractivity contribution in [1.82, 2.24) is 0 Å². The molecule has 0 aromatic heterocycles. The molecule has 0 radical (unpaired) electrons. The summed E-state index contributed by atoms with van der Waals surface area (Å²) in [5.41, 5.74) is 2.87. The Morgan fingerprint density at radius 2 is 2.08 bits per heavy atom. The van der Waals surface area contributed by atoms with E-state index in [2.05, 4.69) is 13.5 Å². The molecule has 1 rings (SSSR count). The van der Waals surface area contributed by atoms with Gasteiger partial charge in [-0.3, -0.25) is 0 Å². The van der Waals surface area contributed by atoms with Gasteiger partial charge in [0, 0.05) is 5.54 Å². The van der Waals surface area contributed by atoms with Crippen LogP contribution in [0.2, 0.25) is 5.54 Å². The molecule has 1 heterocycles. The fraction of sp³-hybridized carbons (Fsp3) is 0.556. The summed E-state index contributed by atoms with van der Waals surface area (Å²) in [5.74, 6) is 0. The zero-order valence-corrected chi connectivity index (χ0v) is 10.3. The maximum Gasteiger partial charge on any atom is 0.284 e. The standard InChI is InChI=1S/C9H14Cl2Si/c1-5-8-9(6(2)3)7(4)12(8,10)11/h8H,2,5H2,1,3-4H3. The lowest BCUT2D eigenvalue weighted by Crippen LogP contribution is -2.41. The molecule has 0 aromatic rings. The van der Waals surface area contributed by atoms with Gasteiger partial charge in [-0.1, -0.05) is 24.3 Å². The average molecular weight is 221 g/mol. The van der Waals surface area contributed by atoms with Crippen LogP contribution in [-0.2, 0) is 0 Å². The van der Waals surface area contributed by atoms with Gasteiger partial charge in [0.1, 0.15) is 0 Å². The van der Waals surface area contributed by atoms with Gasteiger partial charge in [-0.15, -0.1) is 22.2 Å². The van der Waals surface area contributed by atoms with Crippen LogP contribution in [0.5, 0.6) is 0 Å². The molecule has 1 atom stereocenters. The average Bonchev–Trinajstić information content (AvgIpc) is 1.97. The molecule has 0 aromatic carbocycles. The lowest BCUT2D eigenvalue weighted by atomic mass is 10.0. The van der Waals surface area contributed by atoms with E-state index in [1.807, 2.05) is 13.8 Å². The second-order valence-electron chi connectivity index (χ2n) is 3.40.